The van der Waals surface area contributed by atoms with Gasteiger partial charge in [0.1, 0.15) is 4.88 Å². The molecule has 1 aliphatic carbocycles. The zero-order valence-electron chi connectivity index (χ0n) is 11.6. The van der Waals surface area contributed by atoms with Gasteiger partial charge < -0.3 is 11.1 Å². The van der Waals surface area contributed by atoms with Gasteiger partial charge in [0.2, 0.25) is 0 Å². The summed E-state index contributed by atoms with van der Waals surface area (Å²) < 4.78 is 0. The minimum atomic E-state index is 0.00919. The Bertz CT molecular complexity index is 515. The molecule has 0 aliphatic heterocycles. The van der Waals surface area contributed by atoms with Crippen LogP contribution in [0.3, 0.4) is 0 Å². The van der Waals surface area contributed by atoms with Gasteiger partial charge in [0.15, 0.2) is 0 Å². The predicted molar refractivity (Wildman–Crippen MR) is 87.3 cm³/mol. The van der Waals surface area contributed by atoms with Crippen molar-refractivity contribution in [1.82, 2.24) is 5.32 Å². The monoisotopic (exact) mass is 308 g/mol. The number of carbonyl (C=O) groups is 1. The molecule has 1 fully saturated rings. The molecule has 3 nitrogen and oxygen atoms in total. The first-order chi connectivity index (χ1) is 9.76. The second-order valence-electron chi connectivity index (χ2n) is 4.67. The minimum Gasteiger partial charge on any atom is -0.347 e. The van der Waals surface area contributed by atoms with Gasteiger partial charge in [-0.15, -0.1) is 11.3 Å². The Labute approximate surface area is 128 Å². The number of amides is 1. The molecule has 0 aromatic carbocycles. The van der Waals surface area contributed by atoms with Crippen molar-refractivity contribution in [2.24, 2.45) is 5.73 Å². The Kier molecular flexibility index (Phi) is 5.96. The topological polar surface area (TPSA) is 55.1 Å². The van der Waals surface area contributed by atoms with Gasteiger partial charge in [0.25, 0.3) is 5.91 Å². The van der Waals surface area contributed by atoms with Crippen molar-refractivity contribution in [2.75, 3.05) is 12.3 Å². The first-order valence-corrected chi connectivity index (χ1v) is 8.88. The highest BCUT2D eigenvalue weighted by molar-refractivity contribution is 7.99. The zero-order chi connectivity index (χ0) is 14.4. The van der Waals surface area contributed by atoms with Crippen LogP contribution in [0.15, 0.2) is 11.4 Å². The van der Waals surface area contributed by atoms with E-state index >= 15 is 0 Å². The number of rotatable bonds is 4. The van der Waals surface area contributed by atoms with E-state index in [2.05, 4.69) is 24.1 Å². The summed E-state index contributed by atoms with van der Waals surface area (Å²) in [6, 6.07) is 2.18. The van der Waals surface area contributed by atoms with Crippen LogP contribution >= 0.6 is 23.1 Å². The second-order valence-corrected chi connectivity index (χ2v) is 7.11. The van der Waals surface area contributed by atoms with Crippen molar-refractivity contribution < 1.29 is 4.79 Å². The van der Waals surface area contributed by atoms with Crippen molar-refractivity contribution in [3.8, 4) is 11.8 Å². The maximum atomic E-state index is 12.4. The molecule has 20 heavy (non-hydrogen) atoms. The highest BCUT2D eigenvalue weighted by Gasteiger charge is 2.29. The van der Waals surface area contributed by atoms with Crippen molar-refractivity contribution in [1.29, 1.82) is 0 Å². The predicted octanol–water partition coefficient (Wildman–Crippen LogP) is 2.46. The lowest BCUT2D eigenvalue weighted by molar-refractivity contribution is 0.0942. The summed E-state index contributed by atoms with van der Waals surface area (Å²) in [7, 11) is 0. The molecular formula is C15H20N2OS2. The molecule has 1 heterocycles. The molecule has 1 aromatic heterocycles. The van der Waals surface area contributed by atoms with Crippen LogP contribution in [0, 0.1) is 11.8 Å². The second kappa shape index (κ2) is 7.72. The lowest BCUT2D eigenvalue weighted by Crippen LogP contribution is -2.38. The Morgan fingerprint density at radius 3 is 3.20 bits per heavy atom. The van der Waals surface area contributed by atoms with E-state index in [1.165, 1.54) is 24.2 Å². The van der Waals surface area contributed by atoms with Gasteiger partial charge in [0, 0.05) is 16.9 Å². The van der Waals surface area contributed by atoms with Gasteiger partial charge in [-0.2, -0.15) is 11.8 Å². The number of nitrogens with two attached hydrogens (primary N) is 1. The summed E-state index contributed by atoms with van der Waals surface area (Å²) in [6.07, 6.45) is 3.49. The number of hydrogen-bond acceptors (Lipinski definition) is 4. The maximum absolute atomic E-state index is 12.4. The molecule has 0 bridgehead atoms. The molecule has 0 saturated heterocycles. The standard InChI is InChI=1S/C15H20N2OS2/c1-2-19-13-7-3-6-12(13)17-15(18)14-11(5-4-9-16)8-10-20-14/h8,10,12-13H,2-3,6-7,9,16H2,1H3,(H,17,18). The van der Waals surface area contributed by atoms with Crippen LogP contribution in [0.4, 0.5) is 0 Å². The lowest BCUT2D eigenvalue weighted by atomic mass is 10.2. The SMILES string of the molecule is CCSC1CCCC1NC(=O)c1sccc1C#CCN. The molecular weight excluding hydrogens is 288 g/mol. The molecule has 108 valence electrons. The van der Waals surface area contributed by atoms with Gasteiger partial charge in [0.05, 0.1) is 6.54 Å². The van der Waals surface area contributed by atoms with Crippen molar-refractivity contribution >= 4 is 29.0 Å². The first kappa shape index (κ1) is 15.4. The molecule has 1 aromatic rings. The van der Waals surface area contributed by atoms with Gasteiger partial charge >= 0.3 is 0 Å². The highest BCUT2D eigenvalue weighted by Crippen LogP contribution is 2.30. The van der Waals surface area contributed by atoms with Crippen LogP contribution in [0.1, 0.15) is 41.4 Å². The summed E-state index contributed by atoms with van der Waals surface area (Å²) in [5.41, 5.74) is 6.17. The quantitative estimate of drug-likeness (QED) is 0.840. The maximum Gasteiger partial charge on any atom is 0.262 e. The van der Waals surface area contributed by atoms with E-state index in [1.807, 2.05) is 23.2 Å². The molecule has 1 amide bonds. The fourth-order valence-corrected chi connectivity index (χ4v) is 4.42. The Morgan fingerprint density at radius 2 is 2.45 bits per heavy atom. The molecule has 0 radical (unpaired) electrons. The van der Waals surface area contributed by atoms with E-state index < -0.39 is 0 Å². The highest BCUT2D eigenvalue weighted by atomic mass is 32.2. The van der Waals surface area contributed by atoms with E-state index in [1.54, 1.807) is 0 Å². The summed E-state index contributed by atoms with van der Waals surface area (Å²) >= 11 is 3.39. The molecule has 2 rings (SSSR count). The average Bonchev–Trinajstić information content (AvgIpc) is 3.06. The Balaban J connectivity index is 2.03. The zero-order valence-corrected chi connectivity index (χ0v) is 13.3. The number of thiophene rings is 1. The number of nitrogens with one attached hydrogen (secondary N) is 1. The summed E-state index contributed by atoms with van der Waals surface area (Å²) in [4.78, 5) is 13.1. The van der Waals surface area contributed by atoms with Crippen LogP contribution in [0.25, 0.3) is 0 Å². The van der Waals surface area contributed by atoms with Gasteiger partial charge in [-0.3, -0.25) is 4.79 Å². The molecule has 1 saturated carbocycles. The average molecular weight is 308 g/mol. The summed E-state index contributed by atoms with van der Waals surface area (Å²) in [5, 5.41) is 5.65. The van der Waals surface area contributed by atoms with E-state index in [0.717, 1.165) is 17.7 Å². The Hall–Kier alpha value is -0.960. The van der Waals surface area contributed by atoms with Crippen molar-refractivity contribution in [3.63, 3.8) is 0 Å². The van der Waals surface area contributed by atoms with Crippen molar-refractivity contribution in [3.05, 3.63) is 21.9 Å². The number of hydrogen-bond donors (Lipinski definition) is 2. The fraction of sp³-hybridized carbons (Fsp3) is 0.533. The largest absolute Gasteiger partial charge is 0.347 e. The molecule has 2 unspecified atom stereocenters. The molecule has 0 spiro atoms. The molecule has 1 aliphatic rings. The third-order valence-electron chi connectivity index (χ3n) is 3.35. The van der Waals surface area contributed by atoms with Gasteiger partial charge in [-0.25, -0.2) is 0 Å². The van der Waals surface area contributed by atoms with E-state index in [-0.39, 0.29) is 5.91 Å². The molecule has 5 heteroatoms. The molecule has 2 atom stereocenters. The van der Waals surface area contributed by atoms with E-state index in [0.29, 0.717) is 22.7 Å². The Morgan fingerprint density at radius 1 is 1.60 bits per heavy atom. The van der Waals surface area contributed by atoms with Crippen LogP contribution in [0.5, 0.6) is 0 Å². The van der Waals surface area contributed by atoms with Crippen molar-refractivity contribution in [2.45, 2.75) is 37.5 Å². The van der Waals surface area contributed by atoms with E-state index in [9.17, 15) is 4.79 Å². The lowest BCUT2D eigenvalue weighted by Gasteiger charge is -2.19. The number of carbonyl (C=O) groups excluding carboxylic acids is 1. The number of thioether (sulfide) groups is 1. The van der Waals surface area contributed by atoms with Gasteiger partial charge in [-0.1, -0.05) is 25.2 Å². The smallest absolute Gasteiger partial charge is 0.262 e. The first-order valence-electron chi connectivity index (χ1n) is 6.95. The third-order valence-corrected chi connectivity index (χ3v) is 5.59. The van der Waals surface area contributed by atoms with E-state index in [4.69, 9.17) is 5.73 Å². The van der Waals surface area contributed by atoms with Gasteiger partial charge in [-0.05, 0) is 30.0 Å². The molecule has 3 N–H and O–H groups in total. The van der Waals surface area contributed by atoms with Crippen LogP contribution in [-0.2, 0) is 0 Å². The van der Waals surface area contributed by atoms with Crippen LogP contribution < -0.4 is 11.1 Å². The summed E-state index contributed by atoms with van der Waals surface area (Å²) in [6.45, 7) is 2.48. The van der Waals surface area contributed by atoms with Crippen LogP contribution in [0.2, 0.25) is 0 Å². The summed E-state index contributed by atoms with van der Waals surface area (Å²) in [5.74, 6) is 6.88. The normalized spacial score (nSPS) is 21.3. The van der Waals surface area contributed by atoms with Crippen LogP contribution in [-0.4, -0.2) is 29.5 Å². The third kappa shape index (κ3) is 3.78. The fourth-order valence-electron chi connectivity index (χ4n) is 2.47. The minimum absolute atomic E-state index is 0.00919.